The van der Waals surface area contributed by atoms with Gasteiger partial charge in [-0.1, -0.05) is 54.6 Å². The largest absolute Gasteiger partial charge is 0.454 e. The van der Waals surface area contributed by atoms with Gasteiger partial charge in [0.05, 0.1) is 5.16 Å². The number of rotatable bonds is 7. The van der Waals surface area contributed by atoms with E-state index in [1.54, 1.807) is 0 Å². The number of hydrogen-bond donors (Lipinski definition) is 0. The van der Waals surface area contributed by atoms with Crippen molar-refractivity contribution in [3.05, 3.63) is 60.7 Å². The van der Waals surface area contributed by atoms with Crippen molar-refractivity contribution < 1.29 is 9.47 Å². The monoisotopic (exact) mass is 322 g/mol. The Morgan fingerprint density at radius 2 is 1.38 bits per heavy atom. The first-order valence-electron chi connectivity index (χ1n) is 6.99. The first-order chi connectivity index (χ1) is 10.2. The summed E-state index contributed by atoms with van der Waals surface area (Å²) in [5.74, 6) is 1.57. The van der Waals surface area contributed by atoms with Crippen LogP contribution in [0.2, 0.25) is 0 Å². The van der Waals surface area contributed by atoms with Gasteiger partial charge in [0.2, 0.25) is 0 Å². The van der Waals surface area contributed by atoms with Crippen LogP contribution < -0.4 is 9.47 Å². The van der Waals surface area contributed by atoms with Crippen LogP contribution in [0, 0.1) is 0 Å². The Bertz CT molecular complexity index is 488. The molecular formula is C17H20ClO2P. The van der Waals surface area contributed by atoms with Gasteiger partial charge in [0, 0.05) is 0 Å². The van der Waals surface area contributed by atoms with E-state index in [9.17, 15) is 0 Å². The van der Waals surface area contributed by atoms with E-state index in [-0.39, 0.29) is 13.1 Å². The normalized spacial score (nSPS) is 14.3. The minimum Gasteiger partial charge on any atom is -0.454 e. The number of hydrogen-bond acceptors (Lipinski definition) is 2. The molecule has 0 bridgehead atoms. The highest BCUT2D eigenvalue weighted by Gasteiger charge is 2.36. The number of benzene rings is 2. The maximum Gasteiger partial charge on any atom is 0.251 e. The first-order valence-corrected chi connectivity index (χ1v) is 9.00. The molecule has 0 radical (unpaired) electrons. The average molecular weight is 323 g/mol. The van der Waals surface area contributed by atoms with Crippen LogP contribution in [-0.2, 0) is 0 Å². The molecule has 4 heteroatoms. The van der Waals surface area contributed by atoms with Gasteiger partial charge in [-0.25, -0.2) is 0 Å². The second-order valence-corrected chi connectivity index (χ2v) is 6.96. The second-order valence-electron chi connectivity index (χ2n) is 5.06. The molecule has 0 aliphatic carbocycles. The molecule has 112 valence electrons. The molecule has 0 aliphatic heterocycles. The predicted octanol–water partition coefficient (Wildman–Crippen LogP) is 5.47. The Hall–Kier alpha value is -1.24. The van der Waals surface area contributed by atoms with Gasteiger partial charge < -0.3 is 9.47 Å². The van der Waals surface area contributed by atoms with Crippen molar-refractivity contribution in [1.82, 2.24) is 0 Å². The van der Waals surface area contributed by atoms with E-state index >= 15 is 0 Å². The van der Waals surface area contributed by atoms with E-state index in [0.29, 0.717) is 0 Å². The fourth-order valence-corrected chi connectivity index (χ4v) is 2.82. The highest BCUT2D eigenvalue weighted by atomic mass is 35.7. The lowest BCUT2D eigenvalue weighted by molar-refractivity contribution is -0.0232. The molecule has 2 unspecified atom stereocenters. The van der Waals surface area contributed by atoms with E-state index in [1.165, 1.54) is 0 Å². The third kappa shape index (κ3) is 4.36. The summed E-state index contributed by atoms with van der Waals surface area (Å²) in [7, 11) is 0.208. The smallest absolute Gasteiger partial charge is 0.251 e. The Balaban J connectivity index is 2.22. The Morgan fingerprint density at radius 1 is 0.952 bits per heavy atom. The van der Waals surface area contributed by atoms with Crippen molar-refractivity contribution >= 4 is 19.2 Å². The highest BCUT2D eigenvalue weighted by Crippen LogP contribution is 2.43. The van der Waals surface area contributed by atoms with Crippen molar-refractivity contribution in [3.8, 4) is 11.5 Å². The van der Waals surface area contributed by atoms with Crippen molar-refractivity contribution in [2.45, 2.75) is 31.7 Å². The average Bonchev–Trinajstić information content (AvgIpc) is 2.55. The van der Waals surface area contributed by atoms with Gasteiger partial charge in [-0.15, -0.1) is 0 Å². The zero-order chi connectivity index (χ0) is 15.1. The molecule has 2 nitrogen and oxygen atoms in total. The maximum atomic E-state index is 6.20. The van der Waals surface area contributed by atoms with Crippen molar-refractivity contribution in [1.29, 1.82) is 0 Å². The molecule has 2 aromatic carbocycles. The molecule has 21 heavy (non-hydrogen) atoms. The molecule has 0 spiro atoms. The standard InChI is InChI=1S/C17H20ClO2P/c1-3-17(2,21-18)16(19-14-10-6-4-7-11-14)20-15-12-8-5-9-13-15/h4-13,16,21H,3H2,1-2H3. The molecule has 0 heterocycles. The summed E-state index contributed by atoms with van der Waals surface area (Å²) in [4.78, 5) is 0. The minimum atomic E-state index is -0.428. The van der Waals surface area contributed by atoms with E-state index in [2.05, 4.69) is 13.8 Å². The molecule has 0 saturated carbocycles. The van der Waals surface area contributed by atoms with Gasteiger partial charge in [0.25, 0.3) is 6.29 Å². The molecule has 2 rings (SSSR count). The van der Waals surface area contributed by atoms with Crippen molar-refractivity contribution in [3.63, 3.8) is 0 Å². The summed E-state index contributed by atoms with van der Waals surface area (Å²) in [6.45, 7) is 4.19. The summed E-state index contributed by atoms with van der Waals surface area (Å²) in [5, 5.41) is -0.243. The van der Waals surface area contributed by atoms with E-state index in [4.69, 9.17) is 20.7 Å². The van der Waals surface area contributed by atoms with Crippen molar-refractivity contribution in [2.24, 2.45) is 0 Å². The highest BCUT2D eigenvalue weighted by molar-refractivity contribution is 7.69. The molecule has 2 aromatic rings. The molecule has 0 amide bonds. The van der Waals surface area contributed by atoms with Crippen LogP contribution in [0.4, 0.5) is 0 Å². The van der Waals surface area contributed by atoms with Crippen LogP contribution in [-0.4, -0.2) is 11.4 Å². The summed E-state index contributed by atoms with van der Waals surface area (Å²) in [6, 6.07) is 19.4. The minimum absolute atomic E-state index is 0.208. The van der Waals surface area contributed by atoms with Crippen LogP contribution in [0.25, 0.3) is 0 Å². The molecule has 2 atom stereocenters. The Morgan fingerprint density at radius 3 is 1.71 bits per heavy atom. The van der Waals surface area contributed by atoms with Gasteiger partial charge in [-0.2, -0.15) is 0 Å². The fraction of sp³-hybridized carbons (Fsp3) is 0.294. The van der Waals surface area contributed by atoms with Crippen LogP contribution in [0.3, 0.4) is 0 Å². The van der Waals surface area contributed by atoms with Gasteiger partial charge in [0.15, 0.2) is 0 Å². The lowest BCUT2D eigenvalue weighted by atomic mass is 10.1. The summed E-state index contributed by atoms with van der Waals surface area (Å²) >= 11 is 6.20. The Kier molecular flexibility index (Phi) is 5.90. The lowest BCUT2D eigenvalue weighted by Crippen LogP contribution is -2.43. The Labute approximate surface area is 133 Å². The zero-order valence-corrected chi connectivity index (χ0v) is 14.0. The van der Waals surface area contributed by atoms with Crippen LogP contribution >= 0.6 is 19.2 Å². The first kappa shape index (κ1) is 16.1. The molecule has 0 N–H and O–H groups in total. The van der Waals surface area contributed by atoms with Gasteiger partial charge >= 0.3 is 0 Å². The summed E-state index contributed by atoms with van der Waals surface area (Å²) in [5.41, 5.74) is 0. The summed E-state index contributed by atoms with van der Waals surface area (Å²) in [6.07, 6.45) is 0.447. The quantitative estimate of drug-likeness (QED) is 0.497. The zero-order valence-electron chi connectivity index (χ0n) is 12.3. The SMILES string of the molecule is CCC(C)(PCl)C(Oc1ccccc1)Oc1ccccc1. The number of ether oxygens (including phenoxy) is 2. The topological polar surface area (TPSA) is 18.5 Å². The molecule has 0 aromatic heterocycles. The molecule has 0 fully saturated rings. The van der Waals surface area contributed by atoms with Crippen LogP contribution in [0.1, 0.15) is 20.3 Å². The van der Waals surface area contributed by atoms with E-state index in [0.717, 1.165) is 17.9 Å². The van der Waals surface area contributed by atoms with Crippen molar-refractivity contribution in [2.75, 3.05) is 0 Å². The number of halogens is 1. The summed E-state index contributed by atoms with van der Waals surface area (Å²) < 4.78 is 12.1. The van der Waals surface area contributed by atoms with Crippen LogP contribution in [0.5, 0.6) is 11.5 Å². The van der Waals surface area contributed by atoms with Crippen LogP contribution in [0.15, 0.2) is 60.7 Å². The molecular weight excluding hydrogens is 303 g/mol. The molecule has 0 aliphatic rings. The van der Waals surface area contributed by atoms with Gasteiger partial charge in [0.1, 0.15) is 11.5 Å². The third-order valence-corrected chi connectivity index (χ3v) is 5.76. The lowest BCUT2D eigenvalue weighted by Gasteiger charge is -2.34. The third-order valence-electron chi connectivity index (χ3n) is 3.44. The van der Waals surface area contributed by atoms with E-state index in [1.807, 2.05) is 60.7 Å². The number of para-hydroxylation sites is 2. The predicted molar refractivity (Wildman–Crippen MR) is 90.8 cm³/mol. The van der Waals surface area contributed by atoms with Gasteiger partial charge in [-0.05, 0) is 45.5 Å². The van der Waals surface area contributed by atoms with E-state index < -0.39 is 6.29 Å². The molecule has 0 saturated heterocycles. The maximum absolute atomic E-state index is 6.20. The fourth-order valence-electron chi connectivity index (χ4n) is 1.81. The second kappa shape index (κ2) is 7.68. The van der Waals surface area contributed by atoms with Gasteiger partial charge in [-0.3, -0.25) is 0 Å².